The number of carbonyl (C=O) groups is 3. The Hall–Kier alpha value is -3.48. The number of Topliss-reactive ketones (excluding diaryl/α,β-unsaturated/α-hetero) is 1. The predicted molar refractivity (Wildman–Crippen MR) is 103 cm³/mol. The van der Waals surface area contributed by atoms with Crippen molar-refractivity contribution in [2.45, 2.75) is 20.0 Å². The van der Waals surface area contributed by atoms with Gasteiger partial charge in [0.05, 0.1) is 7.11 Å². The van der Waals surface area contributed by atoms with E-state index in [9.17, 15) is 18.8 Å². The second kappa shape index (κ2) is 9.45. The minimum absolute atomic E-state index is 0.0962. The second-order valence-electron chi connectivity index (χ2n) is 5.93. The Labute approximate surface area is 162 Å². The van der Waals surface area contributed by atoms with E-state index in [1.807, 2.05) is 0 Å². The van der Waals surface area contributed by atoms with Crippen LogP contribution in [-0.4, -0.2) is 30.9 Å². The maximum absolute atomic E-state index is 13.6. The number of hydrogen-bond donors (Lipinski definition) is 1. The van der Waals surface area contributed by atoms with Crippen LogP contribution in [-0.2, 0) is 14.3 Å². The lowest BCUT2D eigenvalue weighted by Crippen LogP contribution is -2.29. The molecule has 7 heteroatoms. The highest BCUT2D eigenvalue weighted by Crippen LogP contribution is 2.18. The number of ketones is 1. The first-order chi connectivity index (χ1) is 13.3. The first-order valence-electron chi connectivity index (χ1n) is 8.44. The van der Waals surface area contributed by atoms with Crippen molar-refractivity contribution < 1.29 is 28.2 Å². The van der Waals surface area contributed by atoms with Gasteiger partial charge < -0.3 is 14.8 Å². The molecule has 6 nitrogen and oxygen atoms in total. The number of anilines is 1. The van der Waals surface area contributed by atoms with Crippen LogP contribution in [0.4, 0.5) is 10.1 Å². The van der Waals surface area contributed by atoms with Crippen molar-refractivity contribution in [3.63, 3.8) is 0 Å². The van der Waals surface area contributed by atoms with E-state index in [-0.39, 0.29) is 11.5 Å². The Morgan fingerprint density at radius 2 is 1.89 bits per heavy atom. The summed E-state index contributed by atoms with van der Waals surface area (Å²) in [6.45, 7) is 2.84. The number of rotatable bonds is 7. The first kappa shape index (κ1) is 20.8. The Bertz CT molecular complexity index is 923. The number of halogens is 1. The van der Waals surface area contributed by atoms with Crippen LogP contribution < -0.4 is 10.1 Å². The van der Waals surface area contributed by atoms with Crippen molar-refractivity contribution in [2.75, 3.05) is 12.4 Å². The van der Waals surface area contributed by atoms with E-state index >= 15 is 0 Å². The molecule has 2 aromatic rings. The molecular weight excluding hydrogens is 365 g/mol. The largest absolute Gasteiger partial charge is 0.494 e. The number of ether oxygens (including phenoxy) is 2. The summed E-state index contributed by atoms with van der Waals surface area (Å²) in [4.78, 5) is 35.4. The van der Waals surface area contributed by atoms with Crippen LogP contribution in [0.2, 0.25) is 0 Å². The third-order valence-corrected chi connectivity index (χ3v) is 3.79. The van der Waals surface area contributed by atoms with E-state index in [0.717, 1.165) is 6.08 Å². The van der Waals surface area contributed by atoms with Gasteiger partial charge in [0.25, 0.3) is 5.91 Å². The fourth-order valence-corrected chi connectivity index (χ4v) is 2.28. The third-order valence-electron chi connectivity index (χ3n) is 3.79. The van der Waals surface area contributed by atoms with Crippen LogP contribution >= 0.6 is 0 Å². The lowest BCUT2D eigenvalue weighted by molar-refractivity contribution is -0.148. The van der Waals surface area contributed by atoms with Crippen molar-refractivity contribution in [3.8, 4) is 5.75 Å². The van der Waals surface area contributed by atoms with Crippen molar-refractivity contribution in [1.29, 1.82) is 0 Å². The van der Waals surface area contributed by atoms with Gasteiger partial charge in [-0.1, -0.05) is 18.2 Å². The number of esters is 1. The number of methoxy groups -OCH3 is 1. The Morgan fingerprint density at radius 3 is 2.54 bits per heavy atom. The second-order valence-corrected chi connectivity index (χ2v) is 5.93. The average molecular weight is 385 g/mol. The topological polar surface area (TPSA) is 81.7 Å². The fourth-order valence-electron chi connectivity index (χ4n) is 2.28. The van der Waals surface area contributed by atoms with Crippen LogP contribution in [0.3, 0.4) is 0 Å². The summed E-state index contributed by atoms with van der Waals surface area (Å²) < 4.78 is 23.5. The van der Waals surface area contributed by atoms with Crippen molar-refractivity contribution in [2.24, 2.45) is 0 Å². The SMILES string of the molecule is COc1ccc(/C=C/C(=O)O[C@H](C)C(=O)Nc2cccc(C(C)=O)c2)cc1F. The molecule has 2 rings (SSSR count). The highest BCUT2D eigenvalue weighted by Gasteiger charge is 2.17. The van der Waals surface area contributed by atoms with E-state index in [2.05, 4.69) is 5.32 Å². The lowest BCUT2D eigenvalue weighted by Gasteiger charge is -2.12. The zero-order valence-electron chi connectivity index (χ0n) is 15.7. The van der Waals surface area contributed by atoms with Crippen LogP contribution in [0.1, 0.15) is 29.8 Å². The zero-order valence-corrected chi connectivity index (χ0v) is 15.7. The fraction of sp³-hybridized carbons (Fsp3) is 0.190. The molecule has 0 saturated heterocycles. The zero-order chi connectivity index (χ0) is 20.7. The highest BCUT2D eigenvalue weighted by molar-refractivity contribution is 5.99. The van der Waals surface area contributed by atoms with Gasteiger partial charge in [-0.3, -0.25) is 9.59 Å². The molecule has 1 N–H and O–H groups in total. The summed E-state index contributed by atoms with van der Waals surface area (Å²) in [5.41, 5.74) is 1.32. The van der Waals surface area contributed by atoms with Gasteiger partial charge in [0, 0.05) is 17.3 Å². The molecule has 0 aliphatic rings. The molecule has 2 aromatic carbocycles. The van der Waals surface area contributed by atoms with Gasteiger partial charge in [-0.2, -0.15) is 0 Å². The Kier molecular flexibility index (Phi) is 7.03. The van der Waals surface area contributed by atoms with Gasteiger partial charge in [0.1, 0.15) is 0 Å². The standard InChI is InChI=1S/C21H20FNO5/c1-13(24)16-5-4-6-17(12-16)23-21(26)14(2)28-20(25)10-8-15-7-9-19(27-3)18(22)11-15/h4-12,14H,1-3H3,(H,23,26)/b10-8+/t14-/m1/s1. The lowest BCUT2D eigenvalue weighted by atomic mass is 10.1. The molecule has 0 aromatic heterocycles. The normalized spacial score (nSPS) is 11.7. The van der Waals surface area contributed by atoms with Crippen molar-refractivity contribution in [1.82, 2.24) is 0 Å². The molecule has 1 atom stereocenters. The number of amides is 1. The molecule has 0 aliphatic carbocycles. The van der Waals surface area contributed by atoms with Gasteiger partial charge in [-0.15, -0.1) is 0 Å². The number of nitrogens with one attached hydrogen (secondary N) is 1. The molecule has 1 amide bonds. The molecule has 0 bridgehead atoms. The summed E-state index contributed by atoms with van der Waals surface area (Å²) in [5.74, 6) is -1.89. The summed E-state index contributed by atoms with van der Waals surface area (Å²) in [7, 11) is 1.36. The summed E-state index contributed by atoms with van der Waals surface area (Å²) in [5, 5.41) is 2.58. The van der Waals surface area contributed by atoms with E-state index in [1.165, 1.54) is 45.2 Å². The molecular formula is C21H20FNO5. The van der Waals surface area contributed by atoms with Gasteiger partial charge in [0.2, 0.25) is 0 Å². The first-order valence-corrected chi connectivity index (χ1v) is 8.44. The van der Waals surface area contributed by atoms with Crippen LogP contribution in [0.15, 0.2) is 48.5 Å². The minimum atomic E-state index is -1.06. The molecule has 0 aliphatic heterocycles. The van der Waals surface area contributed by atoms with E-state index in [4.69, 9.17) is 9.47 Å². The number of hydrogen-bond acceptors (Lipinski definition) is 5. The summed E-state index contributed by atoms with van der Waals surface area (Å²) in [6.07, 6.45) is 1.40. The van der Waals surface area contributed by atoms with Crippen LogP contribution in [0.5, 0.6) is 5.75 Å². The quantitative estimate of drug-likeness (QED) is 0.447. The molecule has 146 valence electrons. The molecule has 0 radical (unpaired) electrons. The highest BCUT2D eigenvalue weighted by atomic mass is 19.1. The smallest absolute Gasteiger partial charge is 0.331 e. The maximum Gasteiger partial charge on any atom is 0.331 e. The van der Waals surface area contributed by atoms with Crippen molar-refractivity contribution >= 4 is 29.4 Å². The minimum Gasteiger partial charge on any atom is -0.494 e. The molecule has 28 heavy (non-hydrogen) atoms. The number of carbonyl (C=O) groups excluding carboxylic acids is 3. The third kappa shape index (κ3) is 5.77. The van der Waals surface area contributed by atoms with E-state index < -0.39 is 23.8 Å². The predicted octanol–water partition coefficient (Wildman–Crippen LogP) is 3.62. The summed E-state index contributed by atoms with van der Waals surface area (Å²) >= 11 is 0. The van der Waals surface area contributed by atoms with Crippen LogP contribution in [0.25, 0.3) is 6.08 Å². The molecule has 0 heterocycles. The monoisotopic (exact) mass is 385 g/mol. The molecule has 0 saturated carbocycles. The van der Waals surface area contributed by atoms with Gasteiger partial charge in [-0.25, -0.2) is 9.18 Å². The van der Waals surface area contributed by atoms with Gasteiger partial charge >= 0.3 is 5.97 Å². The van der Waals surface area contributed by atoms with E-state index in [0.29, 0.717) is 16.8 Å². The summed E-state index contributed by atoms with van der Waals surface area (Å²) in [6, 6.07) is 10.6. The maximum atomic E-state index is 13.6. The number of benzene rings is 2. The molecule has 0 fully saturated rings. The Balaban J connectivity index is 1.94. The van der Waals surface area contributed by atoms with Crippen LogP contribution in [0, 0.1) is 5.82 Å². The molecule has 0 spiro atoms. The van der Waals surface area contributed by atoms with Gasteiger partial charge in [0.15, 0.2) is 23.5 Å². The van der Waals surface area contributed by atoms with Gasteiger partial charge in [-0.05, 0) is 49.8 Å². The molecule has 0 unspecified atom stereocenters. The van der Waals surface area contributed by atoms with E-state index in [1.54, 1.807) is 24.3 Å². The van der Waals surface area contributed by atoms with Crippen molar-refractivity contribution in [3.05, 3.63) is 65.5 Å². The Morgan fingerprint density at radius 1 is 1.14 bits per heavy atom. The average Bonchev–Trinajstić information content (AvgIpc) is 2.66.